The van der Waals surface area contributed by atoms with Gasteiger partial charge in [-0.3, -0.25) is 15.6 Å². The molecule has 2 aromatic heterocycles. The smallest absolute Gasteiger partial charge is 0.241 e. The maximum Gasteiger partial charge on any atom is 0.241 e. The van der Waals surface area contributed by atoms with Crippen LogP contribution in [0.3, 0.4) is 0 Å². The molecular formula is C26H33N5O4S. The van der Waals surface area contributed by atoms with E-state index in [4.69, 9.17) is 9.47 Å². The highest BCUT2D eigenvalue weighted by Gasteiger charge is 2.39. The van der Waals surface area contributed by atoms with Crippen molar-refractivity contribution >= 4 is 34.3 Å². The summed E-state index contributed by atoms with van der Waals surface area (Å²) in [5.74, 6) is 0.550. The number of nitrogens with zero attached hydrogens (tertiary/aromatic N) is 3. The van der Waals surface area contributed by atoms with Crippen LogP contribution in [-0.4, -0.2) is 49.8 Å². The highest BCUT2D eigenvalue weighted by molar-refractivity contribution is 7.90. The van der Waals surface area contributed by atoms with Gasteiger partial charge in [-0.25, -0.2) is 9.97 Å². The standard InChI is InChI=1S/C26H33N5O4S/c1-3-18-14-20(35-19-9-12-34-13-10-19)15-22(18)26(32)30-29-24-16-27-25-23(28-24)8-11-31(25)36(33)21-6-4-17(2)5-7-21/h4-8,11,16,18-20,22H,3,9-10,12-15H2,1-2H3,(H,28,29)(H,30,32). The Morgan fingerprint density at radius 1 is 1.19 bits per heavy atom. The Balaban J connectivity index is 1.20. The first-order chi connectivity index (χ1) is 17.5. The number of aryl methyl sites for hydroxylation is 1. The number of hydrogen-bond donors (Lipinski definition) is 2. The molecule has 9 nitrogen and oxygen atoms in total. The molecule has 1 aliphatic heterocycles. The van der Waals surface area contributed by atoms with Gasteiger partial charge in [0.05, 0.1) is 24.6 Å². The lowest BCUT2D eigenvalue weighted by Gasteiger charge is -2.25. The SMILES string of the molecule is CCC1CC(OC2CCOCC2)CC1C(=O)NNc1cnc2c(ccn2[S+]([O-])c2ccc(C)cc2)n1. The number of anilines is 1. The molecule has 3 heterocycles. The number of rotatable bonds is 8. The molecule has 1 aromatic carbocycles. The number of ether oxygens (including phenoxy) is 2. The number of carbonyl (C=O) groups excluding carboxylic acids is 1. The molecule has 1 saturated heterocycles. The van der Waals surface area contributed by atoms with Crippen molar-refractivity contribution in [1.82, 2.24) is 19.4 Å². The molecular weight excluding hydrogens is 478 g/mol. The molecule has 4 unspecified atom stereocenters. The average molecular weight is 512 g/mol. The van der Waals surface area contributed by atoms with Gasteiger partial charge >= 0.3 is 0 Å². The molecule has 3 aromatic rings. The molecule has 1 saturated carbocycles. The van der Waals surface area contributed by atoms with Crippen molar-refractivity contribution < 1.29 is 18.8 Å². The first kappa shape index (κ1) is 25.0. The first-order valence-electron chi connectivity index (χ1n) is 12.6. The lowest BCUT2D eigenvalue weighted by molar-refractivity contribution is -0.126. The van der Waals surface area contributed by atoms with Crippen LogP contribution < -0.4 is 10.9 Å². The quantitative estimate of drug-likeness (QED) is 0.350. The van der Waals surface area contributed by atoms with E-state index < -0.39 is 11.4 Å². The van der Waals surface area contributed by atoms with Crippen LogP contribution in [0.25, 0.3) is 11.2 Å². The predicted molar refractivity (Wildman–Crippen MR) is 137 cm³/mol. The summed E-state index contributed by atoms with van der Waals surface area (Å²) in [7, 11) is 0. The summed E-state index contributed by atoms with van der Waals surface area (Å²) < 4.78 is 26.3. The highest BCUT2D eigenvalue weighted by Crippen LogP contribution is 2.37. The highest BCUT2D eigenvalue weighted by atomic mass is 32.2. The van der Waals surface area contributed by atoms with E-state index in [0.29, 0.717) is 21.9 Å². The van der Waals surface area contributed by atoms with Gasteiger partial charge in [0.25, 0.3) is 0 Å². The fourth-order valence-electron chi connectivity index (χ4n) is 5.11. The number of hydrazine groups is 1. The second kappa shape index (κ2) is 11.2. The van der Waals surface area contributed by atoms with Crippen molar-refractivity contribution in [1.29, 1.82) is 0 Å². The summed E-state index contributed by atoms with van der Waals surface area (Å²) in [5, 5.41) is 0. The van der Waals surface area contributed by atoms with Gasteiger partial charge in [0, 0.05) is 19.1 Å². The van der Waals surface area contributed by atoms with Gasteiger partial charge in [-0.15, -0.1) is 3.97 Å². The Hall–Kier alpha value is -2.66. The number of hydrogen-bond acceptors (Lipinski definition) is 7. The second-order valence-corrected chi connectivity index (χ2v) is 11.0. The summed E-state index contributed by atoms with van der Waals surface area (Å²) in [4.78, 5) is 22.7. The van der Waals surface area contributed by atoms with E-state index in [1.165, 1.54) is 6.20 Å². The Morgan fingerprint density at radius 3 is 2.72 bits per heavy atom. The molecule has 0 radical (unpaired) electrons. The van der Waals surface area contributed by atoms with Crippen molar-refractivity contribution in [3.05, 3.63) is 48.3 Å². The van der Waals surface area contributed by atoms with E-state index >= 15 is 0 Å². The van der Waals surface area contributed by atoms with Gasteiger partial charge in [0.2, 0.25) is 11.6 Å². The van der Waals surface area contributed by atoms with Gasteiger partial charge in [-0.1, -0.05) is 31.0 Å². The molecule has 1 aliphatic carbocycles. The zero-order chi connectivity index (χ0) is 25.1. The zero-order valence-electron chi connectivity index (χ0n) is 20.7. The van der Waals surface area contributed by atoms with Crippen LogP contribution in [0.2, 0.25) is 0 Å². The molecule has 2 N–H and O–H groups in total. The fraction of sp³-hybridized carbons (Fsp3) is 0.500. The van der Waals surface area contributed by atoms with Crippen molar-refractivity contribution in [2.24, 2.45) is 11.8 Å². The summed E-state index contributed by atoms with van der Waals surface area (Å²) in [5.41, 5.74) is 7.95. The van der Waals surface area contributed by atoms with Gasteiger partial charge in [0.15, 0.2) is 10.7 Å². The van der Waals surface area contributed by atoms with E-state index in [1.807, 2.05) is 31.2 Å². The Bertz CT molecular complexity index is 1180. The summed E-state index contributed by atoms with van der Waals surface area (Å²) in [6.45, 7) is 5.61. The second-order valence-electron chi connectivity index (χ2n) is 9.60. The normalized spacial score (nSPS) is 23.6. The lowest BCUT2D eigenvalue weighted by atomic mass is 9.93. The van der Waals surface area contributed by atoms with Crippen molar-refractivity contribution in [3.8, 4) is 0 Å². The number of fused-ring (bicyclic) bond motifs is 1. The van der Waals surface area contributed by atoms with E-state index in [9.17, 15) is 9.35 Å². The molecule has 1 amide bonds. The van der Waals surface area contributed by atoms with Crippen LogP contribution in [-0.2, 0) is 25.6 Å². The molecule has 192 valence electrons. The number of nitrogens with one attached hydrogen (secondary N) is 2. The van der Waals surface area contributed by atoms with E-state index in [0.717, 1.165) is 50.9 Å². The van der Waals surface area contributed by atoms with E-state index in [1.54, 1.807) is 16.2 Å². The monoisotopic (exact) mass is 511 g/mol. The number of carbonyl (C=O) groups is 1. The molecule has 0 spiro atoms. The van der Waals surface area contributed by atoms with Crippen LogP contribution in [0.1, 0.15) is 44.6 Å². The maximum absolute atomic E-state index is 13.0. The summed E-state index contributed by atoms with van der Waals surface area (Å²) in [6, 6.07) is 9.33. The van der Waals surface area contributed by atoms with Gasteiger partial charge in [-0.2, -0.15) is 0 Å². The number of benzene rings is 1. The van der Waals surface area contributed by atoms with Crippen LogP contribution in [0.15, 0.2) is 47.6 Å². The Labute approximate surface area is 214 Å². The molecule has 0 bridgehead atoms. The topological polar surface area (TPSA) is 113 Å². The average Bonchev–Trinajstić information content (AvgIpc) is 3.51. The maximum atomic E-state index is 13.0. The number of amides is 1. The molecule has 10 heteroatoms. The predicted octanol–water partition coefficient (Wildman–Crippen LogP) is 3.75. The summed E-state index contributed by atoms with van der Waals surface area (Å²) in [6.07, 6.45) is 8.00. The van der Waals surface area contributed by atoms with Crippen molar-refractivity contribution in [3.63, 3.8) is 0 Å². The van der Waals surface area contributed by atoms with Gasteiger partial charge < -0.3 is 14.0 Å². The minimum Gasteiger partial charge on any atom is -0.587 e. The van der Waals surface area contributed by atoms with Crippen molar-refractivity contribution in [2.45, 2.75) is 63.1 Å². The minimum absolute atomic E-state index is 0.0557. The van der Waals surface area contributed by atoms with E-state index in [2.05, 4.69) is 27.7 Å². The lowest BCUT2D eigenvalue weighted by Crippen LogP contribution is -2.37. The third-order valence-electron chi connectivity index (χ3n) is 7.14. The van der Waals surface area contributed by atoms with Crippen LogP contribution in [0, 0.1) is 18.8 Å². The van der Waals surface area contributed by atoms with Crippen LogP contribution in [0.5, 0.6) is 0 Å². The van der Waals surface area contributed by atoms with E-state index in [-0.39, 0.29) is 30.0 Å². The third kappa shape index (κ3) is 5.51. The summed E-state index contributed by atoms with van der Waals surface area (Å²) >= 11 is -1.42. The minimum atomic E-state index is -1.42. The van der Waals surface area contributed by atoms with Crippen molar-refractivity contribution in [2.75, 3.05) is 18.6 Å². The molecule has 4 atom stereocenters. The van der Waals surface area contributed by atoms with Crippen LogP contribution >= 0.6 is 0 Å². The molecule has 2 fully saturated rings. The third-order valence-corrected chi connectivity index (χ3v) is 8.46. The fourth-order valence-corrected chi connectivity index (χ4v) is 6.17. The Morgan fingerprint density at radius 2 is 1.97 bits per heavy atom. The zero-order valence-corrected chi connectivity index (χ0v) is 21.5. The Kier molecular flexibility index (Phi) is 7.76. The van der Waals surface area contributed by atoms with Gasteiger partial charge in [0.1, 0.15) is 16.9 Å². The molecule has 36 heavy (non-hydrogen) atoms. The molecule has 2 aliphatic rings. The van der Waals surface area contributed by atoms with Crippen LogP contribution in [0.4, 0.5) is 5.82 Å². The molecule has 5 rings (SSSR count). The van der Waals surface area contributed by atoms with Gasteiger partial charge in [-0.05, 0) is 56.7 Å². The number of aromatic nitrogens is 3. The first-order valence-corrected chi connectivity index (χ1v) is 13.7. The largest absolute Gasteiger partial charge is 0.587 e.